The van der Waals surface area contributed by atoms with E-state index in [1.165, 1.54) is 10.4 Å². The van der Waals surface area contributed by atoms with E-state index in [1.807, 2.05) is 24.3 Å². The third-order valence-electron chi connectivity index (χ3n) is 8.87. The van der Waals surface area contributed by atoms with Crippen molar-refractivity contribution in [3.8, 4) is 17.2 Å². The molecule has 3 aromatic rings. The first-order chi connectivity index (χ1) is 21.6. The molecule has 8 heteroatoms. The maximum atomic E-state index is 11.2. The maximum Gasteiger partial charge on any atom is 0.341 e. The van der Waals surface area contributed by atoms with Crippen LogP contribution < -0.4 is 24.6 Å². The number of carbonyl (C=O) groups is 1. The highest BCUT2D eigenvalue weighted by molar-refractivity contribution is 6.99. The van der Waals surface area contributed by atoms with Crippen molar-refractivity contribution in [2.75, 3.05) is 6.61 Å². The summed E-state index contributed by atoms with van der Waals surface area (Å²) in [5.74, 6) is -0.0116. The Bertz CT molecular complexity index is 1400. The summed E-state index contributed by atoms with van der Waals surface area (Å²) >= 11 is 0. The van der Waals surface area contributed by atoms with Crippen LogP contribution in [0, 0.1) is 5.92 Å². The Morgan fingerprint density at radius 3 is 2.24 bits per heavy atom. The molecule has 1 saturated carbocycles. The van der Waals surface area contributed by atoms with E-state index in [1.54, 1.807) is 12.1 Å². The number of carboxylic acids is 1. The number of hydrogen-bond donors (Lipinski definition) is 2. The molecule has 1 aliphatic carbocycles. The van der Waals surface area contributed by atoms with Gasteiger partial charge < -0.3 is 28.8 Å². The number of ether oxygens (including phenoxy) is 3. The van der Waals surface area contributed by atoms with E-state index in [0.29, 0.717) is 30.1 Å². The third-order valence-corrected chi connectivity index (χ3v) is 13.9. The van der Waals surface area contributed by atoms with E-state index in [2.05, 4.69) is 82.3 Å². The third kappa shape index (κ3) is 7.13. The van der Waals surface area contributed by atoms with Crippen molar-refractivity contribution in [2.45, 2.75) is 89.3 Å². The molecular weight excluding hydrogens is 584 g/mol. The Kier molecular flexibility index (Phi) is 10.4. The molecule has 1 fully saturated rings. The fourth-order valence-corrected chi connectivity index (χ4v) is 11.5. The molecule has 0 saturated heterocycles. The number of aliphatic carboxylic acids is 1. The van der Waals surface area contributed by atoms with Crippen LogP contribution in [0.4, 0.5) is 0 Å². The van der Waals surface area contributed by atoms with E-state index in [9.17, 15) is 15.0 Å². The Labute approximate surface area is 267 Å². The number of fused-ring (bicyclic) bond motifs is 2. The number of carboxylic acid groups (broad SMARTS) is 1. The van der Waals surface area contributed by atoms with Gasteiger partial charge in [0.05, 0.1) is 12.2 Å². The zero-order valence-electron chi connectivity index (χ0n) is 26.7. The molecule has 0 radical (unpaired) electrons. The minimum absolute atomic E-state index is 0.200. The molecule has 240 valence electrons. The molecule has 0 unspecified atom stereocenters. The molecule has 0 aromatic heterocycles. The standard InChI is InChI=1S/C37H46O7Si/c1-5-6-9-15-26(38)22-23-29-32(24-33-35(29)42-31-21-14-20-30(36(31)43-33)41-25-34(39)40)44-45(37(2,3)4,27-16-10-7-11-17-27)28-18-12-8-13-19-28/h7-8,10-14,16-23,26,29,32-33,35,38H,5-6,9,15,24-25H2,1-4H3,(H,39,40)/b23-22+/t26-,29+,32-,33+,35-/m1/s1. The first-order valence-electron chi connectivity index (χ1n) is 16.1. The van der Waals surface area contributed by atoms with E-state index >= 15 is 0 Å². The second-order valence-electron chi connectivity index (χ2n) is 13.1. The smallest absolute Gasteiger partial charge is 0.341 e. The summed E-state index contributed by atoms with van der Waals surface area (Å²) in [5, 5.41) is 22.2. The Morgan fingerprint density at radius 2 is 1.64 bits per heavy atom. The van der Waals surface area contributed by atoms with Crippen LogP contribution in [0.2, 0.25) is 5.04 Å². The summed E-state index contributed by atoms with van der Waals surface area (Å²) in [4.78, 5) is 11.2. The van der Waals surface area contributed by atoms with E-state index in [0.717, 1.165) is 19.3 Å². The summed E-state index contributed by atoms with van der Waals surface area (Å²) in [6, 6.07) is 26.4. The largest absolute Gasteiger partial charge is 0.482 e. The van der Waals surface area contributed by atoms with Gasteiger partial charge in [0.1, 0.15) is 12.2 Å². The van der Waals surface area contributed by atoms with Crippen LogP contribution in [0.15, 0.2) is 91.0 Å². The van der Waals surface area contributed by atoms with E-state index in [-0.39, 0.29) is 29.3 Å². The number of benzene rings is 3. The molecule has 5 atom stereocenters. The van der Waals surface area contributed by atoms with Crippen molar-refractivity contribution in [2.24, 2.45) is 5.92 Å². The van der Waals surface area contributed by atoms with Crippen molar-refractivity contribution in [3.05, 3.63) is 91.0 Å². The van der Waals surface area contributed by atoms with Crippen LogP contribution in [-0.2, 0) is 9.22 Å². The summed E-state index contributed by atoms with van der Waals surface area (Å²) in [5.41, 5.74) is 0. The molecule has 7 nitrogen and oxygen atoms in total. The van der Waals surface area contributed by atoms with Gasteiger partial charge in [0.2, 0.25) is 5.75 Å². The van der Waals surface area contributed by atoms with Crippen molar-refractivity contribution in [3.63, 3.8) is 0 Å². The molecule has 1 heterocycles. The van der Waals surface area contributed by atoms with Crippen LogP contribution in [0.3, 0.4) is 0 Å². The number of unbranched alkanes of at least 4 members (excludes halogenated alkanes) is 2. The highest BCUT2D eigenvalue weighted by Crippen LogP contribution is 2.49. The molecule has 0 spiro atoms. The van der Waals surface area contributed by atoms with Crippen molar-refractivity contribution in [1.82, 2.24) is 0 Å². The maximum absolute atomic E-state index is 11.2. The van der Waals surface area contributed by atoms with Gasteiger partial charge >= 0.3 is 5.97 Å². The summed E-state index contributed by atoms with van der Waals surface area (Å²) < 4.78 is 26.4. The highest BCUT2D eigenvalue weighted by Gasteiger charge is 2.56. The first-order valence-corrected chi connectivity index (χ1v) is 18.0. The first kappa shape index (κ1) is 32.8. The zero-order chi connectivity index (χ0) is 32.0. The second kappa shape index (κ2) is 14.2. The Hall–Kier alpha value is -3.59. The number of hydrogen-bond acceptors (Lipinski definition) is 6. The second-order valence-corrected chi connectivity index (χ2v) is 17.3. The lowest BCUT2D eigenvalue weighted by atomic mass is 10.00. The van der Waals surface area contributed by atoms with Gasteiger partial charge in [-0.05, 0) is 34.0 Å². The van der Waals surface area contributed by atoms with Gasteiger partial charge in [-0.1, -0.05) is 126 Å². The SMILES string of the molecule is CCCCC[C@@H](O)/C=C/[C@@H]1[C@H]2Oc3cccc(OCC(=O)O)c3O[C@H]2C[C@H]1O[Si](c1ccccc1)(c1ccccc1)C(C)(C)C. The quantitative estimate of drug-likeness (QED) is 0.134. The van der Waals surface area contributed by atoms with Crippen LogP contribution >= 0.6 is 0 Å². The number of rotatable bonds is 13. The Morgan fingerprint density at radius 1 is 0.978 bits per heavy atom. The van der Waals surface area contributed by atoms with Gasteiger partial charge in [0, 0.05) is 12.3 Å². The van der Waals surface area contributed by atoms with Crippen LogP contribution in [0.1, 0.15) is 59.8 Å². The van der Waals surface area contributed by atoms with Gasteiger partial charge in [0.15, 0.2) is 18.1 Å². The van der Waals surface area contributed by atoms with Gasteiger partial charge in [-0.2, -0.15) is 0 Å². The fraction of sp³-hybridized carbons (Fsp3) is 0.432. The van der Waals surface area contributed by atoms with Gasteiger partial charge in [-0.3, -0.25) is 0 Å². The lowest BCUT2D eigenvalue weighted by Gasteiger charge is -2.45. The molecule has 3 aromatic carbocycles. The number of aliphatic hydroxyl groups is 1. The number of para-hydroxylation sites is 1. The van der Waals surface area contributed by atoms with Crippen molar-refractivity contribution in [1.29, 1.82) is 0 Å². The molecule has 1 aliphatic heterocycles. The summed E-state index contributed by atoms with van der Waals surface area (Å²) in [7, 11) is -2.92. The topological polar surface area (TPSA) is 94.5 Å². The Balaban J connectivity index is 1.54. The van der Waals surface area contributed by atoms with Crippen LogP contribution in [-0.4, -0.2) is 55.5 Å². The minimum atomic E-state index is -2.92. The number of aliphatic hydroxyl groups excluding tert-OH is 1. The molecule has 2 aliphatic rings. The van der Waals surface area contributed by atoms with Crippen molar-refractivity contribution < 1.29 is 33.6 Å². The zero-order valence-corrected chi connectivity index (χ0v) is 27.7. The lowest BCUT2D eigenvalue weighted by Crippen LogP contribution is -2.68. The monoisotopic (exact) mass is 630 g/mol. The average molecular weight is 631 g/mol. The van der Waals surface area contributed by atoms with Crippen LogP contribution in [0.5, 0.6) is 17.2 Å². The normalized spacial score (nSPS) is 21.8. The van der Waals surface area contributed by atoms with Gasteiger partial charge in [-0.25, -0.2) is 4.79 Å². The average Bonchev–Trinajstić information content (AvgIpc) is 3.36. The van der Waals surface area contributed by atoms with E-state index < -0.39 is 27.0 Å². The summed E-state index contributed by atoms with van der Waals surface area (Å²) in [6.07, 6.45) is 6.82. The predicted molar refractivity (Wildman–Crippen MR) is 178 cm³/mol. The molecule has 0 bridgehead atoms. The molecule has 45 heavy (non-hydrogen) atoms. The fourth-order valence-electron chi connectivity index (χ4n) is 6.74. The van der Waals surface area contributed by atoms with E-state index in [4.69, 9.17) is 18.6 Å². The lowest BCUT2D eigenvalue weighted by molar-refractivity contribution is -0.139. The predicted octanol–water partition coefficient (Wildman–Crippen LogP) is 6.12. The van der Waals surface area contributed by atoms with Gasteiger partial charge in [-0.15, -0.1) is 0 Å². The molecule has 2 N–H and O–H groups in total. The van der Waals surface area contributed by atoms with Crippen LogP contribution in [0.25, 0.3) is 0 Å². The van der Waals surface area contributed by atoms with Gasteiger partial charge in [0.25, 0.3) is 8.32 Å². The molecular formula is C37H46O7Si. The molecule has 5 rings (SSSR count). The minimum Gasteiger partial charge on any atom is -0.482 e. The highest BCUT2D eigenvalue weighted by atomic mass is 28.4. The summed E-state index contributed by atoms with van der Waals surface area (Å²) in [6.45, 7) is 8.47. The van der Waals surface area contributed by atoms with Crippen molar-refractivity contribution >= 4 is 24.7 Å². The molecule has 0 amide bonds.